The van der Waals surface area contributed by atoms with Crippen LogP contribution in [0.2, 0.25) is 0 Å². The van der Waals surface area contributed by atoms with E-state index in [4.69, 9.17) is 0 Å². The summed E-state index contributed by atoms with van der Waals surface area (Å²) in [6, 6.07) is 1.68. The van der Waals surface area contributed by atoms with Crippen LogP contribution in [0.3, 0.4) is 0 Å². The summed E-state index contributed by atoms with van der Waals surface area (Å²) < 4.78 is 15.8. The van der Waals surface area contributed by atoms with Crippen molar-refractivity contribution in [2.45, 2.75) is 18.6 Å². The van der Waals surface area contributed by atoms with Crippen LogP contribution in [0.15, 0.2) is 42.8 Å². The van der Waals surface area contributed by atoms with E-state index in [1.165, 1.54) is 0 Å². The van der Waals surface area contributed by atoms with Gasteiger partial charge in [-0.05, 0) is 12.1 Å². The summed E-state index contributed by atoms with van der Waals surface area (Å²) in [4.78, 5) is 10.5. The maximum Gasteiger partial charge on any atom is 0.151 e. The molecule has 0 saturated carbocycles. The summed E-state index contributed by atoms with van der Waals surface area (Å²) in [5.74, 6) is 0. The van der Waals surface area contributed by atoms with Gasteiger partial charge in [-0.15, -0.1) is 0 Å². The maximum atomic E-state index is 14.1. The Morgan fingerprint density at radius 3 is 3.00 bits per heavy atom. The Bertz CT molecular complexity index is 419. The minimum atomic E-state index is -1.33. The smallest absolute Gasteiger partial charge is 0.151 e. The van der Waals surface area contributed by atoms with Crippen LogP contribution in [-0.2, 0) is 6.54 Å². The van der Waals surface area contributed by atoms with E-state index >= 15 is 0 Å². The zero-order chi connectivity index (χ0) is 10.7. The zero-order valence-corrected chi connectivity index (χ0v) is 8.27. The Kier molecular flexibility index (Phi) is 2.54. The highest BCUT2D eigenvalue weighted by Crippen LogP contribution is 2.24. The molecule has 0 bridgehead atoms. The van der Waals surface area contributed by atoms with Crippen LogP contribution in [-0.4, -0.2) is 16.5 Å². The Morgan fingerprint density at radius 2 is 2.40 bits per heavy atom. The fourth-order valence-corrected chi connectivity index (χ4v) is 1.69. The van der Waals surface area contributed by atoms with Crippen LogP contribution in [0.4, 0.5) is 4.39 Å². The Morgan fingerprint density at radius 1 is 1.53 bits per heavy atom. The van der Waals surface area contributed by atoms with Crippen LogP contribution >= 0.6 is 0 Å². The lowest BCUT2D eigenvalue weighted by Crippen LogP contribution is -2.26. The third-order valence-electron chi connectivity index (χ3n) is 2.45. The van der Waals surface area contributed by atoms with Crippen molar-refractivity contribution < 1.29 is 9.18 Å². The topological polar surface area (TPSA) is 22.0 Å². The first-order chi connectivity index (χ1) is 7.22. The minimum absolute atomic E-state index is 0.252. The second kappa shape index (κ2) is 3.85. The van der Waals surface area contributed by atoms with Crippen LogP contribution in [0.25, 0.3) is 0 Å². The summed E-state index contributed by atoms with van der Waals surface area (Å²) in [6.45, 7) is 0.252. The molecule has 1 aliphatic rings. The number of aromatic nitrogens is 1. The molecule has 1 unspecified atom stereocenters. The summed E-state index contributed by atoms with van der Waals surface area (Å²) in [5, 5.41) is 0. The first kappa shape index (κ1) is 9.90. The molecule has 0 spiro atoms. The van der Waals surface area contributed by atoms with Crippen molar-refractivity contribution in [2.75, 3.05) is 0 Å². The average Bonchev–Trinajstić information content (AvgIpc) is 2.66. The number of rotatable bonds is 3. The maximum absolute atomic E-state index is 14.1. The lowest BCUT2D eigenvalue weighted by Gasteiger charge is -2.22. The molecule has 0 aliphatic heterocycles. The molecule has 0 aromatic carbocycles. The first-order valence-electron chi connectivity index (χ1n) is 4.86. The Hall–Kier alpha value is -1.64. The van der Waals surface area contributed by atoms with Crippen LogP contribution in [0, 0.1) is 0 Å². The highest BCUT2D eigenvalue weighted by molar-refractivity contribution is 5.74. The largest absolute Gasteiger partial charge is 0.350 e. The van der Waals surface area contributed by atoms with Gasteiger partial charge in [0.25, 0.3) is 0 Å². The molecule has 1 aromatic heterocycles. The van der Waals surface area contributed by atoms with E-state index in [1.807, 2.05) is 12.2 Å². The normalized spacial score (nSPS) is 24.3. The van der Waals surface area contributed by atoms with E-state index in [0.717, 1.165) is 6.29 Å². The Labute approximate surface area is 87.7 Å². The summed E-state index contributed by atoms with van der Waals surface area (Å²) >= 11 is 0. The van der Waals surface area contributed by atoms with E-state index in [1.54, 1.807) is 35.2 Å². The van der Waals surface area contributed by atoms with Gasteiger partial charge in [0.2, 0.25) is 0 Å². The third kappa shape index (κ3) is 2.24. The van der Waals surface area contributed by atoms with Crippen molar-refractivity contribution in [1.82, 2.24) is 4.57 Å². The molecule has 1 heterocycles. The molecule has 2 rings (SSSR count). The molecule has 15 heavy (non-hydrogen) atoms. The summed E-state index contributed by atoms with van der Waals surface area (Å²) in [5.41, 5.74) is -0.748. The number of nitrogens with zero attached hydrogens (tertiary/aromatic N) is 1. The van der Waals surface area contributed by atoms with Gasteiger partial charge in [-0.2, -0.15) is 0 Å². The Balaban J connectivity index is 2.11. The second-order valence-corrected chi connectivity index (χ2v) is 3.76. The molecule has 78 valence electrons. The molecule has 1 aliphatic carbocycles. The van der Waals surface area contributed by atoms with Gasteiger partial charge in [-0.3, -0.25) is 4.79 Å². The highest BCUT2D eigenvalue weighted by atomic mass is 19.1. The van der Waals surface area contributed by atoms with E-state index in [2.05, 4.69) is 0 Å². The predicted molar refractivity (Wildman–Crippen MR) is 56.6 cm³/mol. The van der Waals surface area contributed by atoms with Gasteiger partial charge in [0.15, 0.2) is 12.0 Å². The van der Waals surface area contributed by atoms with Crippen molar-refractivity contribution in [3.63, 3.8) is 0 Å². The molecule has 0 saturated heterocycles. The lowest BCUT2D eigenvalue weighted by molar-refractivity contribution is 0.112. The molecule has 0 N–H and O–H groups in total. The van der Waals surface area contributed by atoms with Gasteiger partial charge in [0.1, 0.15) is 0 Å². The van der Waals surface area contributed by atoms with Crippen LogP contribution in [0.1, 0.15) is 16.8 Å². The predicted octanol–water partition coefficient (Wildman–Crippen LogP) is 2.53. The third-order valence-corrected chi connectivity index (χ3v) is 2.45. The van der Waals surface area contributed by atoms with Crippen molar-refractivity contribution in [1.29, 1.82) is 0 Å². The van der Waals surface area contributed by atoms with E-state index < -0.39 is 5.67 Å². The van der Waals surface area contributed by atoms with Crippen molar-refractivity contribution in [3.05, 3.63) is 48.3 Å². The highest BCUT2D eigenvalue weighted by Gasteiger charge is 2.26. The average molecular weight is 205 g/mol. The van der Waals surface area contributed by atoms with Gasteiger partial charge in [-0.1, -0.05) is 18.2 Å². The molecular formula is C12H12FNO. The van der Waals surface area contributed by atoms with Crippen molar-refractivity contribution in [3.8, 4) is 0 Å². The zero-order valence-electron chi connectivity index (χ0n) is 8.27. The van der Waals surface area contributed by atoms with Gasteiger partial charge < -0.3 is 4.57 Å². The number of alkyl halides is 1. The van der Waals surface area contributed by atoms with E-state index in [0.29, 0.717) is 12.0 Å². The van der Waals surface area contributed by atoms with E-state index in [9.17, 15) is 9.18 Å². The monoisotopic (exact) mass is 205 g/mol. The van der Waals surface area contributed by atoms with Gasteiger partial charge in [0.05, 0.1) is 6.54 Å². The fraction of sp³-hybridized carbons (Fsp3) is 0.250. The molecule has 2 nitrogen and oxygen atoms in total. The fourth-order valence-electron chi connectivity index (χ4n) is 1.69. The second-order valence-electron chi connectivity index (χ2n) is 3.76. The number of carbonyl (C=O) groups is 1. The number of aldehydes is 1. The summed E-state index contributed by atoms with van der Waals surface area (Å²) in [7, 11) is 0. The standard InChI is InChI=1S/C12H12FNO/c13-12(5-2-1-3-6-12)10-14-7-4-11(8-14)9-15/h1-5,7-9H,6,10H2. The molecular weight excluding hydrogens is 193 g/mol. The van der Waals surface area contributed by atoms with E-state index in [-0.39, 0.29) is 6.54 Å². The minimum Gasteiger partial charge on any atom is -0.350 e. The molecule has 0 amide bonds. The number of hydrogen-bond acceptors (Lipinski definition) is 1. The molecule has 1 aromatic rings. The van der Waals surface area contributed by atoms with Crippen molar-refractivity contribution in [2.24, 2.45) is 0 Å². The lowest BCUT2D eigenvalue weighted by atomic mass is 9.97. The van der Waals surface area contributed by atoms with Gasteiger partial charge >= 0.3 is 0 Å². The first-order valence-corrected chi connectivity index (χ1v) is 4.86. The van der Waals surface area contributed by atoms with Gasteiger partial charge in [0, 0.05) is 24.4 Å². The summed E-state index contributed by atoms with van der Waals surface area (Å²) in [6.07, 6.45) is 11.4. The number of carbonyl (C=O) groups excluding carboxylic acids is 1. The molecule has 0 radical (unpaired) electrons. The quantitative estimate of drug-likeness (QED) is 0.695. The number of halogens is 1. The number of hydrogen-bond donors (Lipinski definition) is 0. The van der Waals surface area contributed by atoms with Gasteiger partial charge in [-0.25, -0.2) is 4.39 Å². The van der Waals surface area contributed by atoms with Crippen molar-refractivity contribution >= 4 is 6.29 Å². The number of allylic oxidation sites excluding steroid dienone is 4. The molecule has 0 fully saturated rings. The SMILES string of the molecule is O=Cc1ccn(CC2(F)C=CC=CC2)c1. The molecule has 3 heteroatoms. The van der Waals surface area contributed by atoms with Crippen LogP contribution < -0.4 is 0 Å². The van der Waals surface area contributed by atoms with Crippen LogP contribution in [0.5, 0.6) is 0 Å². The molecule has 1 atom stereocenters.